The Morgan fingerprint density at radius 2 is 1.67 bits per heavy atom. The van der Waals surface area contributed by atoms with Crippen LogP contribution in [0.5, 0.6) is 11.5 Å². The van der Waals surface area contributed by atoms with Gasteiger partial charge in [-0.05, 0) is 66.1 Å². The fourth-order valence-corrected chi connectivity index (χ4v) is 3.98. The molecule has 9 heteroatoms. The maximum absolute atomic E-state index is 13.1. The molecule has 4 rings (SSSR count). The Morgan fingerprint density at radius 1 is 0.944 bits per heavy atom. The lowest BCUT2D eigenvalue weighted by Crippen LogP contribution is -2.32. The molecule has 0 spiro atoms. The Bertz CT molecular complexity index is 1380. The predicted octanol–water partition coefficient (Wildman–Crippen LogP) is 6.13. The Balaban J connectivity index is 1.50. The van der Waals surface area contributed by atoms with E-state index in [0.717, 1.165) is 10.5 Å². The van der Waals surface area contributed by atoms with Crippen molar-refractivity contribution in [3.8, 4) is 11.5 Å². The zero-order valence-corrected chi connectivity index (χ0v) is 21.2. The van der Waals surface area contributed by atoms with E-state index in [2.05, 4.69) is 19.2 Å². The second-order valence-electron chi connectivity index (χ2n) is 8.27. The van der Waals surface area contributed by atoms with Crippen LogP contribution in [-0.2, 0) is 9.59 Å². The molecule has 1 N–H and O–H groups in total. The van der Waals surface area contributed by atoms with E-state index in [1.807, 2.05) is 18.2 Å². The summed E-state index contributed by atoms with van der Waals surface area (Å²) in [5.74, 6) is -0.861. The van der Waals surface area contributed by atoms with Gasteiger partial charge in [-0.3, -0.25) is 9.59 Å². The molecule has 0 aromatic heterocycles. The summed E-state index contributed by atoms with van der Waals surface area (Å²) in [5.41, 5.74) is 1.89. The summed E-state index contributed by atoms with van der Waals surface area (Å²) in [4.78, 5) is 39.4. The Labute approximate surface area is 218 Å². The number of hydrogen-bond donors (Lipinski definition) is 1. The fraction of sp³-hybridized carbons (Fsp3) is 0.148. The van der Waals surface area contributed by atoms with Crippen LogP contribution in [0, 0.1) is 0 Å². The number of ether oxygens (including phenoxy) is 2. The van der Waals surface area contributed by atoms with Crippen molar-refractivity contribution in [3.63, 3.8) is 0 Å². The van der Waals surface area contributed by atoms with Crippen molar-refractivity contribution in [2.24, 2.45) is 0 Å². The van der Waals surface area contributed by atoms with E-state index in [-0.39, 0.29) is 22.2 Å². The van der Waals surface area contributed by atoms with Crippen molar-refractivity contribution in [1.29, 1.82) is 0 Å². The molecule has 0 fully saturated rings. The van der Waals surface area contributed by atoms with Gasteiger partial charge in [0.05, 0.1) is 18.4 Å². The van der Waals surface area contributed by atoms with Gasteiger partial charge in [-0.2, -0.15) is 0 Å². The topological polar surface area (TPSA) is 84.9 Å². The van der Waals surface area contributed by atoms with Crippen LogP contribution in [0.1, 0.15) is 35.7 Å². The molecule has 0 saturated heterocycles. The number of benzene rings is 3. The maximum Gasteiger partial charge on any atom is 0.343 e. The van der Waals surface area contributed by atoms with Crippen molar-refractivity contribution in [3.05, 3.63) is 93.6 Å². The second-order valence-corrected chi connectivity index (χ2v) is 9.08. The van der Waals surface area contributed by atoms with E-state index in [4.69, 9.17) is 32.7 Å². The summed E-state index contributed by atoms with van der Waals surface area (Å²) in [5, 5.41) is 2.91. The quantitative estimate of drug-likeness (QED) is 0.227. The molecular formula is C27H22Cl2N2O5. The largest absolute Gasteiger partial charge is 0.495 e. The first-order chi connectivity index (χ1) is 17.2. The molecule has 1 heterocycles. The normalized spacial score (nSPS) is 13.4. The van der Waals surface area contributed by atoms with E-state index < -0.39 is 17.8 Å². The highest BCUT2D eigenvalue weighted by Crippen LogP contribution is 2.37. The Morgan fingerprint density at radius 3 is 2.33 bits per heavy atom. The monoisotopic (exact) mass is 524 g/mol. The van der Waals surface area contributed by atoms with Gasteiger partial charge >= 0.3 is 5.97 Å². The minimum absolute atomic E-state index is 0.107. The standard InChI is InChI=1S/C27H22Cl2N2O5/c1-15(2)17-5-4-6-20(13-17)36-27(34)16-7-10-19(11-8-16)30-24-23(29)25(32)31(26(24)33)21-14-18(28)9-12-22(21)35-3/h4-15,30H,1-3H3. The highest BCUT2D eigenvalue weighted by Gasteiger charge is 2.40. The lowest BCUT2D eigenvalue weighted by atomic mass is 10.0. The molecule has 3 aromatic carbocycles. The third-order valence-electron chi connectivity index (χ3n) is 5.53. The average Bonchev–Trinajstić information content (AvgIpc) is 3.07. The number of amides is 2. The summed E-state index contributed by atoms with van der Waals surface area (Å²) in [7, 11) is 1.42. The van der Waals surface area contributed by atoms with Crippen molar-refractivity contribution in [1.82, 2.24) is 0 Å². The van der Waals surface area contributed by atoms with Crippen molar-refractivity contribution >= 4 is 52.4 Å². The molecule has 0 aliphatic carbocycles. The molecule has 184 valence electrons. The van der Waals surface area contributed by atoms with E-state index in [1.165, 1.54) is 13.2 Å². The number of carbonyl (C=O) groups excluding carboxylic acids is 3. The van der Waals surface area contributed by atoms with Crippen LogP contribution >= 0.6 is 23.2 Å². The van der Waals surface area contributed by atoms with E-state index in [1.54, 1.807) is 42.5 Å². The number of methoxy groups -OCH3 is 1. The van der Waals surface area contributed by atoms with Crippen LogP contribution in [-0.4, -0.2) is 24.9 Å². The number of nitrogens with one attached hydrogen (secondary N) is 1. The lowest BCUT2D eigenvalue weighted by Gasteiger charge is -2.18. The van der Waals surface area contributed by atoms with Crippen LogP contribution in [0.15, 0.2) is 77.5 Å². The third-order valence-corrected chi connectivity index (χ3v) is 6.12. The van der Waals surface area contributed by atoms with Gasteiger partial charge in [0.1, 0.15) is 22.2 Å². The molecule has 0 unspecified atom stereocenters. The number of nitrogens with zero attached hydrogens (tertiary/aromatic N) is 1. The van der Waals surface area contributed by atoms with Crippen molar-refractivity contribution < 1.29 is 23.9 Å². The van der Waals surface area contributed by atoms with Gasteiger partial charge in [0.2, 0.25) is 0 Å². The third kappa shape index (κ3) is 5.08. The summed E-state index contributed by atoms with van der Waals surface area (Å²) in [6.45, 7) is 4.11. The summed E-state index contributed by atoms with van der Waals surface area (Å²) >= 11 is 12.3. The second kappa shape index (κ2) is 10.4. The number of hydrogen-bond acceptors (Lipinski definition) is 6. The molecule has 0 atom stereocenters. The maximum atomic E-state index is 13.1. The predicted molar refractivity (Wildman–Crippen MR) is 139 cm³/mol. The molecule has 7 nitrogen and oxygen atoms in total. The molecule has 1 aliphatic rings. The molecule has 36 heavy (non-hydrogen) atoms. The van der Waals surface area contributed by atoms with Gasteiger partial charge < -0.3 is 14.8 Å². The highest BCUT2D eigenvalue weighted by atomic mass is 35.5. The molecule has 1 aliphatic heterocycles. The van der Waals surface area contributed by atoms with Gasteiger partial charge in [-0.25, -0.2) is 9.69 Å². The zero-order valence-electron chi connectivity index (χ0n) is 19.7. The van der Waals surface area contributed by atoms with Crippen LogP contribution in [0.3, 0.4) is 0 Å². The van der Waals surface area contributed by atoms with E-state index in [9.17, 15) is 14.4 Å². The van der Waals surface area contributed by atoms with Crippen LogP contribution < -0.4 is 19.7 Å². The molecule has 0 bridgehead atoms. The molecule has 2 amide bonds. The first-order valence-electron chi connectivity index (χ1n) is 11.0. The summed E-state index contributed by atoms with van der Waals surface area (Å²) < 4.78 is 10.8. The Hall–Kier alpha value is -3.81. The van der Waals surface area contributed by atoms with Gasteiger partial charge in [0.25, 0.3) is 11.8 Å². The zero-order chi connectivity index (χ0) is 26.0. The molecule has 3 aromatic rings. The average molecular weight is 525 g/mol. The highest BCUT2D eigenvalue weighted by molar-refractivity contribution is 6.53. The Kier molecular flexibility index (Phi) is 7.33. The molecule has 0 saturated carbocycles. The van der Waals surface area contributed by atoms with E-state index >= 15 is 0 Å². The smallest absolute Gasteiger partial charge is 0.343 e. The summed E-state index contributed by atoms with van der Waals surface area (Å²) in [6.07, 6.45) is 0. The van der Waals surface area contributed by atoms with E-state index in [0.29, 0.717) is 27.9 Å². The summed E-state index contributed by atoms with van der Waals surface area (Å²) in [6, 6.07) is 18.2. The minimum atomic E-state index is -0.714. The SMILES string of the molecule is COc1ccc(Cl)cc1N1C(=O)C(Cl)=C(Nc2ccc(C(=O)Oc3cccc(C(C)C)c3)cc2)C1=O. The minimum Gasteiger partial charge on any atom is -0.495 e. The van der Waals surface area contributed by atoms with Crippen LogP contribution in [0.25, 0.3) is 0 Å². The number of esters is 1. The number of halogens is 2. The number of carbonyl (C=O) groups is 3. The van der Waals surface area contributed by atoms with Crippen molar-refractivity contribution in [2.45, 2.75) is 19.8 Å². The number of imide groups is 1. The van der Waals surface area contributed by atoms with Gasteiger partial charge in [0.15, 0.2) is 0 Å². The van der Waals surface area contributed by atoms with Gasteiger partial charge in [-0.15, -0.1) is 0 Å². The number of anilines is 2. The van der Waals surface area contributed by atoms with Crippen LogP contribution in [0.4, 0.5) is 11.4 Å². The lowest BCUT2D eigenvalue weighted by molar-refractivity contribution is -0.120. The van der Waals surface area contributed by atoms with Crippen LogP contribution in [0.2, 0.25) is 5.02 Å². The molecular weight excluding hydrogens is 503 g/mol. The van der Waals surface area contributed by atoms with Gasteiger partial charge in [0, 0.05) is 10.7 Å². The van der Waals surface area contributed by atoms with Crippen molar-refractivity contribution in [2.75, 3.05) is 17.3 Å². The number of rotatable bonds is 7. The molecule has 0 radical (unpaired) electrons. The first kappa shape index (κ1) is 25.3. The first-order valence-corrected chi connectivity index (χ1v) is 11.8. The van der Waals surface area contributed by atoms with Gasteiger partial charge in [-0.1, -0.05) is 49.2 Å². The fourth-order valence-electron chi connectivity index (χ4n) is 3.61.